The number of carbonyl (C=O) groups excluding carboxylic acids is 2. The van der Waals surface area contributed by atoms with E-state index in [-0.39, 0.29) is 17.7 Å². The number of anilines is 1. The quantitative estimate of drug-likeness (QED) is 0.902. The maximum Gasteiger partial charge on any atom is 0.229 e. The van der Waals surface area contributed by atoms with E-state index in [2.05, 4.69) is 21.4 Å². The number of piperidine rings is 1. The molecule has 130 valence electrons. The van der Waals surface area contributed by atoms with Crippen molar-refractivity contribution in [3.05, 3.63) is 36.3 Å². The van der Waals surface area contributed by atoms with Crippen LogP contribution in [0, 0.1) is 5.92 Å². The molecule has 2 aliphatic heterocycles. The van der Waals surface area contributed by atoms with Gasteiger partial charge in [0.25, 0.3) is 0 Å². The number of rotatable bonds is 3. The van der Waals surface area contributed by atoms with Crippen molar-refractivity contribution in [2.45, 2.75) is 38.6 Å². The van der Waals surface area contributed by atoms with E-state index in [0.29, 0.717) is 19.4 Å². The van der Waals surface area contributed by atoms with Crippen molar-refractivity contribution in [1.82, 2.24) is 14.9 Å². The van der Waals surface area contributed by atoms with Gasteiger partial charge in [-0.25, -0.2) is 4.98 Å². The summed E-state index contributed by atoms with van der Waals surface area (Å²) in [6.45, 7) is 1.45. The van der Waals surface area contributed by atoms with Crippen LogP contribution in [0.25, 0.3) is 11.3 Å². The third-order valence-electron chi connectivity index (χ3n) is 4.97. The zero-order chi connectivity index (χ0) is 17.2. The Morgan fingerprint density at radius 2 is 2.20 bits per heavy atom. The lowest BCUT2D eigenvalue weighted by atomic mass is 9.98. The SMILES string of the molecule is O=C1CC[C@H](C(=O)Nc2cccc(-c3cn4c(n3)CCCC4)c2)CN1. The van der Waals surface area contributed by atoms with Crippen molar-refractivity contribution < 1.29 is 9.59 Å². The lowest BCUT2D eigenvalue weighted by molar-refractivity contribution is -0.126. The second-order valence-electron chi connectivity index (χ2n) is 6.80. The number of imidazole rings is 1. The summed E-state index contributed by atoms with van der Waals surface area (Å²) in [7, 11) is 0. The number of fused-ring (bicyclic) bond motifs is 1. The fourth-order valence-electron chi connectivity index (χ4n) is 3.51. The van der Waals surface area contributed by atoms with Crippen LogP contribution in [0.3, 0.4) is 0 Å². The predicted octanol–water partition coefficient (Wildman–Crippen LogP) is 2.35. The number of nitrogens with one attached hydrogen (secondary N) is 2. The van der Waals surface area contributed by atoms with Crippen LogP contribution in [0.5, 0.6) is 0 Å². The lowest BCUT2D eigenvalue weighted by Gasteiger charge is -2.21. The molecule has 0 saturated carbocycles. The number of hydrogen-bond donors (Lipinski definition) is 2. The zero-order valence-electron chi connectivity index (χ0n) is 14.1. The summed E-state index contributed by atoms with van der Waals surface area (Å²) in [6.07, 6.45) is 6.56. The van der Waals surface area contributed by atoms with E-state index in [1.165, 1.54) is 12.8 Å². The minimum Gasteiger partial charge on any atom is -0.355 e. The average molecular weight is 338 g/mol. The molecule has 1 fully saturated rings. The molecule has 0 aliphatic carbocycles. The van der Waals surface area contributed by atoms with Gasteiger partial charge in [0, 0.05) is 43.4 Å². The molecule has 3 heterocycles. The van der Waals surface area contributed by atoms with Gasteiger partial charge in [0.15, 0.2) is 0 Å². The third kappa shape index (κ3) is 3.43. The number of nitrogens with zero attached hydrogens (tertiary/aromatic N) is 2. The van der Waals surface area contributed by atoms with Crippen LogP contribution in [0.1, 0.15) is 31.5 Å². The van der Waals surface area contributed by atoms with Gasteiger partial charge < -0.3 is 15.2 Å². The second kappa shape index (κ2) is 6.70. The Kier molecular flexibility index (Phi) is 4.26. The predicted molar refractivity (Wildman–Crippen MR) is 95.0 cm³/mol. The van der Waals surface area contributed by atoms with E-state index in [9.17, 15) is 9.59 Å². The van der Waals surface area contributed by atoms with E-state index < -0.39 is 0 Å². The Balaban J connectivity index is 1.48. The van der Waals surface area contributed by atoms with Crippen LogP contribution in [0.4, 0.5) is 5.69 Å². The molecule has 0 unspecified atom stereocenters. The Morgan fingerprint density at radius 1 is 1.28 bits per heavy atom. The Hall–Kier alpha value is -2.63. The molecule has 25 heavy (non-hydrogen) atoms. The zero-order valence-corrected chi connectivity index (χ0v) is 14.1. The van der Waals surface area contributed by atoms with Crippen molar-refractivity contribution in [3.8, 4) is 11.3 Å². The van der Waals surface area contributed by atoms with Crippen molar-refractivity contribution in [2.75, 3.05) is 11.9 Å². The number of amides is 2. The molecule has 4 rings (SSSR count). The Morgan fingerprint density at radius 3 is 3.00 bits per heavy atom. The summed E-state index contributed by atoms with van der Waals surface area (Å²) in [4.78, 5) is 28.4. The van der Waals surface area contributed by atoms with Crippen LogP contribution in [-0.4, -0.2) is 27.9 Å². The molecule has 6 nitrogen and oxygen atoms in total. The van der Waals surface area contributed by atoms with Gasteiger partial charge in [-0.05, 0) is 31.4 Å². The molecule has 0 bridgehead atoms. The molecule has 2 N–H and O–H groups in total. The van der Waals surface area contributed by atoms with Gasteiger partial charge in [0.2, 0.25) is 11.8 Å². The van der Waals surface area contributed by atoms with Crippen molar-refractivity contribution in [3.63, 3.8) is 0 Å². The van der Waals surface area contributed by atoms with E-state index >= 15 is 0 Å². The molecular weight excluding hydrogens is 316 g/mol. The monoisotopic (exact) mass is 338 g/mol. The maximum atomic E-state index is 12.4. The summed E-state index contributed by atoms with van der Waals surface area (Å²) in [6, 6.07) is 7.81. The van der Waals surface area contributed by atoms with E-state index in [4.69, 9.17) is 4.98 Å². The van der Waals surface area contributed by atoms with Gasteiger partial charge in [-0.15, -0.1) is 0 Å². The van der Waals surface area contributed by atoms with Gasteiger partial charge in [0.1, 0.15) is 5.82 Å². The van der Waals surface area contributed by atoms with Crippen LogP contribution in [0.15, 0.2) is 30.5 Å². The minimum absolute atomic E-state index is 0.0230. The summed E-state index contributed by atoms with van der Waals surface area (Å²) in [5.41, 5.74) is 2.74. The highest BCUT2D eigenvalue weighted by Gasteiger charge is 2.24. The molecular formula is C19H22N4O2. The van der Waals surface area contributed by atoms with E-state index in [1.807, 2.05) is 24.3 Å². The molecule has 1 atom stereocenters. The standard InChI is InChI=1S/C19H22N4O2/c24-18-8-7-14(11-20-18)19(25)21-15-5-3-4-13(10-15)16-12-23-9-2-1-6-17(23)22-16/h3-5,10,12,14H,1-2,6-9,11H2,(H,20,24)(H,21,25)/t14-/m0/s1. The van der Waals surface area contributed by atoms with Crippen LogP contribution < -0.4 is 10.6 Å². The molecule has 1 aromatic heterocycles. The summed E-state index contributed by atoms with van der Waals surface area (Å²) >= 11 is 0. The molecule has 2 amide bonds. The van der Waals surface area contributed by atoms with Crippen LogP contribution in [0.2, 0.25) is 0 Å². The van der Waals surface area contributed by atoms with E-state index in [1.54, 1.807) is 0 Å². The summed E-state index contributed by atoms with van der Waals surface area (Å²) in [5, 5.41) is 5.72. The molecule has 1 saturated heterocycles. The molecule has 6 heteroatoms. The normalized spacial score (nSPS) is 19.8. The fraction of sp³-hybridized carbons (Fsp3) is 0.421. The van der Waals surface area contributed by atoms with Crippen molar-refractivity contribution in [1.29, 1.82) is 0 Å². The van der Waals surface area contributed by atoms with Gasteiger partial charge in [0.05, 0.1) is 11.6 Å². The smallest absolute Gasteiger partial charge is 0.229 e. The first-order valence-electron chi connectivity index (χ1n) is 8.93. The highest BCUT2D eigenvalue weighted by Crippen LogP contribution is 2.25. The number of hydrogen-bond acceptors (Lipinski definition) is 3. The molecule has 2 aliphatic rings. The second-order valence-corrected chi connectivity index (χ2v) is 6.80. The molecule has 2 aromatic rings. The first-order valence-corrected chi connectivity index (χ1v) is 8.93. The van der Waals surface area contributed by atoms with Crippen molar-refractivity contribution in [2.24, 2.45) is 5.92 Å². The lowest BCUT2D eigenvalue weighted by Crippen LogP contribution is -2.40. The number of aryl methyl sites for hydroxylation is 2. The topological polar surface area (TPSA) is 76.0 Å². The van der Waals surface area contributed by atoms with Gasteiger partial charge in [-0.2, -0.15) is 0 Å². The maximum absolute atomic E-state index is 12.4. The van der Waals surface area contributed by atoms with Crippen LogP contribution in [-0.2, 0) is 22.6 Å². The van der Waals surface area contributed by atoms with Gasteiger partial charge in [-0.3, -0.25) is 9.59 Å². The Labute approximate surface area is 146 Å². The number of carbonyl (C=O) groups is 2. The minimum atomic E-state index is -0.165. The first-order chi connectivity index (χ1) is 12.2. The third-order valence-corrected chi connectivity index (χ3v) is 4.97. The summed E-state index contributed by atoms with van der Waals surface area (Å²) in [5.74, 6) is 0.964. The van der Waals surface area contributed by atoms with Gasteiger partial charge in [-0.1, -0.05) is 12.1 Å². The summed E-state index contributed by atoms with van der Waals surface area (Å²) < 4.78 is 2.23. The van der Waals surface area contributed by atoms with Crippen molar-refractivity contribution >= 4 is 17.5 Å². The largest absolute Gasteiger partial charge is 0.355 e. The molecule has 0 radical (unpaired) electrons. The number of aromatic nitrogens is 2. The average Bonchev–Trinajstić information content (AvgIpc) is 3.07. The van der Waals surface area contributed by atoms with Gasteiger partial charge >= 0.3 is 0 Å². The van der Waals surface area contributed by atoms with E-state index in [0.717, 1.165) is 35.7 Å². The Bertz CT molecular complexity index is 778. The first kappa shape index (κ1) is 15.9. The highest BCUT2D eigenvalue weighted by atomic mass is 16.2. The number of benzene rings is 1. The molecule has 0 spiro atoms. The van der Waals surface area contributed by atoms with Crippen LogP contribution >= 0.6 is 0 Å². The highest BCUT2D eigenvalue weighted by molar-refractivity contribution is 5.94. The fourth-order valence-corrected chi connectivity index (χ4v) is 3.51. The molecule has 1 aromatic carbocycles.